The van der Waals surface area contributed by atoms with Gasteiger partial charge in [-0.1, -0.05) is 44.5 Å². The lowest BCUT2D eigenvalue weighted by atomic mass is 9.91. The minimum Gasteiger partial charge on any atom is -0.338 e. The first kappa shape index (κ1) is 22.3. The minimum atomic E-state index is -0.760. The fourth-order valence-corrected chi connectivity index (χ4v) is 4.22. The summed E-state index contributed by atoms with van der Waals surface area (Å²) in [7, 11) is 0. The number of carbonyl (C=O) groups excluding carboxylic acids is 3. The lowest BCUT2D eigenvalue weighted by Crippen LogP contribution is -2.59. The minimum absolute atomic E-state index is 0.0218. The van der Waals surface area contributed by atoms with Crippen LogP contribution >= 0.6 is 11.6 Å². The molecule has 4 rings (SSSR count). The summed E-state index contributed by atoms with van der Waals surface area (Å²) in [5.41, 5.74) is 1.79. The van der Waals surface area contributed by atoms with Gasteiger partial charge in [-0.15, -0.1) is 0 Å². The van der Waals surface area contributed by atoms with E-state index >= 15 is 0 Å². The van der Waals surface area contributed by atoms with Crippen molar-refractivity contribution < 1.29 is 18.8 Å². The molecule has 168 valence electrons. The van der Waals surface area contributed by atoms with Crippen molar-refractivity contribution in [2.75, 3.05) is 25.0 Å². The molecule has 0 radical (unpaired) electrons. The zero-order chi connectivity index (χ0) is 23.2. The Morgan fingerprint density at radius 3 is 2.50 bits per heavy atom. The second kappa shape index (κ2) is 8.20. The van der Waals surface area contributed by atoms with Crippen molar-refractivity contribution in [2.45, 2.75) is 33.2 Å². The molecular formula is C24H25ClFN3O3. The van der Waals surface area contributed by atoms with Gasteiger partial charge in [-0.25, -0.2) is 4.39 Å². The van der Waals surface area contributed by atoms with Gasteiger partial charge in [0, 0.05) is 19.5 Å². The SMILES string of the molecule is CC(C)(C)CC(=O)N1CCN2C(=O)c3cc(-c4ccc(Cl)c(F)c4)ccc3NC(=O)C2C1. The molecule has 0 bridgehead atoms. The van der Waals surface area contributed by atoms with Crippen LogP contribution in [0.15, 0.2) is 36.4 Å². The first-order chi connectivity index (χ1) is 15.0. The molecule has 1 unspecified atom stereocenters. The van der Waals surface area contributed by atoms with Crippen LogP contribution in [0.4, 0.5) is 10.1 Å². The van der Waals surface area contributed by atoms with Crippen LogP contribution in [-0.2, 0) is 9.59 Å². The second-order valence-corrected chi connectivity index (χ2v) is 9.88. The van der Waals surface area contributed by atoms with Gasteiger partial charge in [0.25, 0.3) is 5.91 Å². The van der Waals surface area contributed by atoms with Gasteiger partial charge in [0.05, 0.1) is 22.8 Å². The van der Waals surface area contributed by atoms with Gasteiger partial charge in [0.2, 0.25) is 11.8 Å². The summed E-state index contributed by atoms with van der Waals surface area (Å²) < 4.78 is 13.9. The predicted molar refractivity (Wildman–Crippen MR) is 121 cm³/mol. The summed E-state index contributed by atoms with van der Waals surface area (Å²) in [5, 5.41) is 2.85. The maximum atomic E-state index is 13.9. The third-order valence-electron chi connectivity index (χ3n) is 5.74. The first-order valence-corrected chi connectivity index (χ1v) is 10.9. The molecule has 0 aliphatic carbocycles. The molecule has 0 aromatic heterocycles. The maximum Gasteiger partial charge on any atom is 0.256 e. The van der Waals surface area contributed by atoms with Gasteiger partial charge in [-0.2, -0.15) is 0 Å². The van der Waals surface area contributed by atoms with E-state index < -0.39 is 11.9 Å². The molecule has 32 heavy (non-hydrogen) atoms. The van der Waals surface area contributed by atoms with Crippen LogP contribution in [0.1, 0.15) is 37.6 Å². The van der Waals surface area contributed by atoms with Crippen LogP contribution in [0, 0.1) is 11.2 Å². The Balaban J connectivity index is 1.62. The van der Waals surface area contributed by atoms with E-state index in [4.69, 9.17) is 11.6 Å². The van der Waals surface area contributed by atoms with Gasteiger partial charge < -0.3 is 15.1 Å². The summed E-state index contributed by atoms with van der Waals surface area (Å²) >= 11 is 5.78. The Labute approximate surface area is 191 Å². The van der Waals surface area contributed by atoms with Crippen molar-refractivity contribution in [3.63, 3.8) is 0 Å². The molecule has 2 heterocycles. The zero-order valence-corrected chi connectivity index (χ0v) is 19.0. The van der Waals surface area contributed by atoms with Crippen molar-refractivity contribution in [1.29, 1.82) is 0 Å². The number of hydrogen-bond acceptors (Lipinski definition) is 3. The number of carbonyl (C=O) groups is 3. The molecular weight excluding hydrogens is 433 g/mol. The third kappa shape index (κ3) is 4.35. The van der Waals surface area contributed by atoms with Crippen molar-refractivity contribution in [3.8, 4) is 11.1 Å². The highest BCUT2D eigenvalue weighted by atomic mass is 35.5. The average molecular weight is 458 g/mol. The fraction of sp³-hybridized carbons (Fsp3) is 0.375. The van der Waals surface area contributed by atoms with E-state index in [1.54, 1.807) is 29.2 Å². The molecule has 6 nitrogen and oxygen atoms in total. The number of piperazine rings is 1. The molecule has 0 spiro atoms. The maximum absolute atomic E-state index is 13.9. The largest absolute Gasteiger partial charge is 0.338 e. The van der Waals surface area contributed by atoms with Gasteiger partial charge in [-0.3, -0.25) is 14.4 Å². The number of amides is 3. The van der Waals surface area contributed by atoms with E-state index in [1.807, 2.05) is 20.8 Å². The van der Waals surface area contributed by atoms with Crippen molar-refractivity contribution >= 4 is 35.0 Å². The molecule has 2 aliphatic heterocycles. The molecule has 8 heteroatoms. The molecule has 1 atom stereocenters. The quantitative estimate of drug-likeness (QED) is 0.735. The summed E-state index contributed by atoms with van der Waals surface area (Å²) in [5.74, 6) is -1.18. The van der Waals surface area contributed by atoms with E-state index in [0.29, 0.717) is 35.3 Å². The third-order valence-corrected chi connectivity index (χ3v) is 6.05. The van der Waals surface area contributed by atoms with Crippen LogP contribution in [0.5, 0.6) is 0 Å². The van der Waals surface area contributed by atoms with Crippen LogP contribution < -0.4 is 5.32 Å². The number of benzene rings is 2. The Morgan fingerprint density at radius 2 is 1.81 bits per heavy atom. The van der Waals surface area contributed by atoms with E-state index in [1.165, 1.54) is 17.0 Å². The van der Waals surface area contributed by atoms with Gasteiger partial charge >= 0.3 is 0 Å². The monoisotopic (exact) mass is 457 g/mol. The average Bonchev–Trinajstić information content (AvgIpc) is 2.83. The number of nitrogens with one attached hydrogen (secondary N) is 1. The highest BCUT2D eigenvalue weighted by molar-refractivity contribution is 6.30. The number of halogens is 2. The number of anilines is 1. The van der Waals surface area contributed by atoms with E-state index in [-0.39, 0.29) is 41.2 Å². The smallest absolute Gasteiger partial charge is 0.256 e. The second-order valence-electron chi connectivity index (χ2n) is 9.47. The van der Waals surface area contributed by atoms with Gasteiger partial charge in [-0.05, 0) is 40.8 Å². The van der Waals surface area contributed by atoms with Crippen LogP contribution in [0.3, 0.4) is 0 Å². The number of nitrogens with zero attached hydrogens (tertiary/aromatic N) is 2. The van der Waals surface area contributed by atoms with E-state index in [0.717, 1.165) is 0 Å². The topological polar surface area (TPSA) is 69.7 Å². The highest BCUT2D eigenvalue weighted by Crippen LogP contribution is 2.32. The van der Waals surface area contributed by atoms with Crippen molar-refractivity contribution in [1.82, 2.24) is 9.80 Å². The number of hydrogen-bond donors (Lipinski definition) is 1. The van der Waals surface area contributed by atoms with Crippen molar-refractivity contribution in [2.24, 2.45) is 5.41 Å². The summed E-state index contributed by atoms with van der Waals surface area (Å²) in [4.78, 5) is 42.2. The molecule has 2 aromatic rings. The van der Waals surface area contributed by atoms with Crippen molar-refractivity contribution in [3.05, 3.63) is 52.8 Å². The zero-order valence-electron chi connectivity index (χ0n) is 18.2. The lowest BCUT2D eigenvalue weighted by Gasteiger charge is -2.40. The van der Waals surface area contributed by atoms with Crippen LogP contribution in [0.25, 0.3) is 11.1 Å². The fourth-order valence-electron chi connectivity index (χ4n) is 4.10. The molecule has 1 fully saturated rings. The molecule has 2 aromatic carbocycles. The van der Waals surface area contributed by atoms with Gasteiger partial charge in [0.1, 0.15) is 11.9 Å². The molecule has 0 saturated carbocycles. The Hall–Kier alpha value is -2.93. The first-order valence-electron chi connectivity index (χ1n) is 10.5. The summed E-state index contributed by atoms with van der Waals surface area (Å²) in [6.45, 7) is 6.78. The van der Waals surface area contributed by atoms with Crippen LogP contribution in [0.2, 0.25) is 5.02 Å². The van der Waals surface area contributed by atoms with Crippen LogP contribution in [-0.4, -0.2) is 53.2 Å². The lowest BCUT2D eigenvalue weighted by molar-refractivity contribution is -0.137. The normalized spacial score (nSPS) is 18.6. The Kier molecular flexibility index (Phi) is 5.71. The summed E-state index contributed by atoms with van der Waals surface area (Å²) in [6.07, 6.45) is 0.372. The highest BCUT2D eigenvalue weighted by Gasteiger charge is 2.40. The van der Waals surface area contributed by atoms with E-state index in [2.05, 4.69) is 5.32 Å². The molecule has 1 saturated heterocycles. The van der Waals surface area contributed by atoms with E-state index in [9.17, 15) is 18.8 Å². The Morgan fingerprint density at radius 1 is 1.12 bits per heavy atom. The number of fused-ring (bicyclic) bond motifs is 2. The predicted octanol–water partition coefficient (Wildman–Crippen LogP) is 4.19. The number of rotatable bonds is 2. The molecule has 3 amide bonds. The Bertz CT molecular complexity index is 1110. The molecule has 2 aliphatic rings. The summed E-state index contributed by atoms with van der Waals surface area (Å²) in [6, 6.07) is 8.71. The molecule has 1 N–H and O–H groups in total. The van der Waals surface area contributed by atoms with Gasteiger partial charge in [0.15, 0.2) is 0 Å². The standard InChI is InChI=1S/C24H25ClFN3O3/c1-24(2,3)12-21(30)28-8-9-29-20(13-28)22(31)27-19-7-5-14(10-16(19)23(29)32)15-4-6-17(25)18(26)11-15/h4-7,10-11,20H,8-9,12-13H2,1-3H3,(H,27,31).